The lowest BCUT2D eigenvalue weighted by Crippen LogP contribution is -2.26. The van der Waals surface area contributed by atoms with E-state index >= 15 is 0 Å². The zero-order valence-corrected chi connectivity index (χ0v) is 12.4. The van der Waals surface area contributed by atoms with Gasteiger partial charge in [-0.3, -0.25) is 4.79 Å². The fraction of sp³-hybridized carbons (Fsp3) is 0.562. The molecule has 1 N–H and O–H groups in total. The van der Waals surface area contributed by atoms with E-state index in [4.69, 9.17) is 4.74 Å². The van der Waals surface area contributed by atoms with Gasteiger partial charge in [-0.25, -0.2) is 0 Å². The number of rotatable bonds is 10. The summed E-state index contributed by atoms with van der Waals surface area (Å²) in [6.45, 7) is -0.760. The highest BCUT2D eigenvalue weighted by molar-refractivity contribution is 5.78. The normalized spacial score (nSPS) is 14.1. The quantitative estimate of drug-likeness (QED) is 0.676. The van der Waals surface area contributed by atoms with Crippen molar-refractivity contribution < 1.29 is 23.0 Å². The second-order valence-corrected chi connectivity index (χ2v) is 5.42. The highest BCUT2D eigenvalue weighted by atomic mass is 19.3. The van der Waals surface area contributed by atoms with Crippen LogP contribution in [0.3, 0.4) is 0 Å². The minimum atomic E-state index is -2.84. The van der Waals surface area contributed by atoms with Crippen molar-refractivity contribution in [2.45, 2.75) is 32.3 Å². The Balaban J connectivity index is 1.57. The van der Waals surface area contributed by atoms with E-state index in [0.29, 0.717) is 13.2 Å². The second kappa shape index (κ2) is 8.68. The first-order chi connectivity index (χ1) is 10.6. The maximum absolute atomic E-state index is 12.0. The van der Waals surface area contributed by atoms with Crippen LogP contribution in [0.2, 0.25) is 0 Å². The topological polar surface area (TPSA) is 47.6 Å². The summed E-state index contributed by atoms with van der Waals surface area (Å²) in [6, 6.07) is 6.08. The predicted molar refractivity (Wildman–Crippen MR) is 77.9 cm³/mol. The zero-order valence-electron chi connectivity index (χ0n) is 12.4. The molecular weight excluding hydrogens is 292 g/mol. The fourth-order valence-corrected chi connectivity index (χ4v) is 1.97. The molecule has 0 atom stereocenters. The number of carbonyl (C=O) groups excluding carboxylic acids is 1. The Morgan fingerprint density at radius 1 is 1.27 bits per heavy atom. The number of benzene rings is 1. The summed E-state index contributed by atoms with van der Waals surface area (Å²) in [7, 11) is 0. The smallest absolute Gasteiger partial charge is 0.387 e. The lowest BCUT2D eigenvalue weighted by atomic mass is 10.1. The number of hydrogen-bond acceptors (Lipinski definition) is 3. The van der Waals surface area contributed by atoms with Crippen molar-refractivity contribution >= 4 is 5.91 Å². The van der Waals surface area contributed by atoms with Crippen molar-refractivity contribution in [3.05, 3.63) is 29.8 Å². The van der Waals surface area contributed by atoms with Gasteiger partial charge in [0.25, 0.3) is 0 Å². The summed E-state index contributed by atoms with van der Waals surface area (Å²) < 4.78 is 33.7. The van der Waals surface area contributed by atoms with E-state index in [1.807, 2.05) is 0 Å². The molecule has 0 aliphatic heterocycles. The number of halogens is 2. The molecule has 1 saturated carbocycles. The van der Waals surface area contributed by atoms with Crippen molar-refractivity contribution in [3.63, 3.8) is 0 Å². The number of amides is 1. The van der Waals surface area contributed by atoms with Crippen LogP contribution in [0, 0.1) is 5.92 Å². The van der Waals surface area contributed by atoms with Gasteiger partial charge in [0.2, 0.25) is 5.91 Å². The average molecular weight is 313 g/mol. The third-order valence-corrected chi connectivity index (χ3v) is 3.35. The first-order valence-corrected chi connectivity index (χ1v) is 7.51. The monoisotopic (exact) mass is 313 g/mol. The van der Waals surface area contributed by atoms with Gasteiger partial charge in [0.15, 0.2) is 0 Å². The van der Waals surface area contributed by atoms with Crippen molar-refractivity contribution in [3.8, 4) is 5.75 Å². The molecule has 0 heterocycles. The Bertz CT molecular complexity index is 461. The van der Waals surface area contributed by atoms with Crippen LogP contribution in [-0.2, 0) is 16.0 Å². The minimum absolute atomic E-state index is 0.0898. The van der Waals surface area contributed by atoms with E-state index in [0.717, 1.165) is 24.5 Å². The molecule has 1 amide bonds. The third-order valence-electron chi connectivity index (χ3n) is 3.35. The van der Waals surface area contributed by atoms with Gasteiger partial charge in [-0.05, 0) is 42.9 Å². The number of ether oxygens (including phenoxy) is 2. The van der Waals surface area contributed by atoms with Crippen LogP contribution in [0.1, 0.15) is 24.8 Å². The molecule has 0 spiro atoms. The van der Waals surface area contributed by atoms with E-state index in [9.17, 15) is 13.6 Å². The van der Waals surface area contributed by atoms with Gasteiger partial charge in [0.1, 0.15) is 5.75 Å². The van der Waals surface area contributed by atoms with Gasteiger partial charge in [-0.2, -0.15) is 8.78 Å². The molecular formula is C16H21F2NO3. The fourth-order valence-electron chi connectivity index (χ4n) is 1.97. The summed E-state index contributed by atoms with van der Waals surface area (Å²) in [4.78, 5) is 11.7. The number of nitrogens with one attached hydrogen (secondary N) is 1. The molecule has 1 aliphatic carbocycles. The lowest BCUT2D eigenvalue weighted by Gasteiger charge is -2.07. The molecule has 2 rings (SSSR count). The second-order valence-electron chi connectivity index (χ2n) is 5.42. The van der Waals surface area contributed by atoms with Crippen LogP contribution in [0.25, 0.3) is 0 Å². The van der Waals surface area contributed by atoms with Gasteiger partial charge in [-0.15, -0.1) is 0 Å². The first kappa shape index (κ1) is 16.7. The molecule has 122 valence electrons. The first-order valence-electron chi connectivity index (χ1n) is 7.51. The third kappa shape index (κ3) is 6.85. The van der Waals surface area contributed by atoms with E-state index in [2.05, 4.69) is 10.1 Å². The molecule has 22 heavy (non-hydrogen) atoms. The number of alkyl halides is 2. The lowest BCUT2D eigenvalue weighted by molar-refractivity contribution is -0.120. The molecule has 1 fully saturated rings. The Morgan fingerprint density at radius 3 is 2.64 bits per heavy atom. The van der Waals surface area contributed by atoms with Gasteiger partial charge in [0.05, 0.1) is 6.42 Å². The van der Waals surface area contributed by atoms with Crippen LogP contribution in [0.4, 0.5) is 8.78 Å². The summed E-state index contributed by atoms with van der Waals surface area (Å²) >= 11 is 0. The van der Waals surface area contributed by atoms with E-state index < -0.39 is 6.61 Å². The summed E-state index contributed by atoms with van der Waals surface area (Å²) in [5, 5.41) is 2.81. The molecule has 4 nitrogen and oxygen atoms in total. The maximum Gasteiger partial charge on any atom is 0.387 e. The zero-order chi connectivity index (χ0) is 15.8. The van der Waals surface area contributed by atoms with Gasteiger partial charge >= 0.3 is 6.61 Å². The highest BCUT2D eigenvalue weighted by Crippen LogP contribution is 2.28. The van der Waals surface area contributed by atoms with Gasteiger partial charge in [0, 0.05) is 19.8 Å². The molecule has 0 radical (unpaired) electrons. The average Bonchev–Trinajstić information content (AvgIpc) is 3.28. The Hall–Kier alpha value is -1.69. The predicted octanol–water partition coefficient (Wildman–Crippen LogP) is 2.76. The Kier molecular flexibility index (Phi) is 6.58. The van der Waals surface area contributed by atoms with Crippen LogP contribution in [0.15, 0.2) is 24.3 Å². The molecule has 1 aromatic rings. The van der Waals surface area contributed by atoms with Crippen molar-refractivity contribution in [1.82, 2.24) is 5.32 Å². The number of carbonyl (C=O) groups is 1. The molecule has 0 aromatic heterocycles. The van der Waals surface area contributed by atoms with Crippen LogP contribution < -0.4 is 10.1 Å². The standard InChI is InChI=1S/C16H21F2NO3/c17-16(18)22-14-6-4-12(5-7-14)10-15(20)19-8-1-9-21-11-13-2-3-13/h4-7,13,16H,1-3,8-11H2,(H,19,20). The van der Waals surface area contributed by atoms with E-state index in [1.165, 1.54) is 25.0 Å². The molecule has 6 heteroatoms. The minimum Gasteiger partial charge on any atom is -0.435 e. The Morgan fingerprint density at radius 2 is 2.00 bits per heavy atom. The maximum atomic E-state index is 12.0. The van der Waals surface area contributed by atoms with Crippen molar-refractivity contribution in [1.29, 1.82) is 0 Å². The highest BCUT2D eigenvalue weighted by Gasteiger charge is 2.20. The largest absolute Gasteiger partial charge is 0.435 e. The van der Waals surface area contributed by atoms with Crippen molar-refractivity contribution in [2.24, 2.45) is 5.92 Å². The summed E-state index contributed by atoms with van der Waals surface area (Å²) in [5.41, 5.74) is 0.754. The van der Waals surface area contributed by atoms with Crippen LogP contribution in [0.5, 0.6) is 5.75 Å². The molecule has 1 aromatic carbocycles. The summed E-state index contributed by atoms with van der Waals surface area (Å²) in [6.07, 6.45) is 3.56. The molecule has 0 bridgehead atoms. The molecule has 0 unspecified atom stereocenters. The van der Waals surface area contributed by atoms with Crippen LogP contribution in [-0.4, -0.2) is 32.3 Å². The summed E-state index contributed by atoms with van der Waals surface area (Å²) in [5.74, 6) is 0.753. The van der Waals surface area contributed by atoms with E-state index in [-0.39, 0.29) is 18.1 Å². The SMILES string of the molecule is O=C(Cc1ccc(OC(F)F)cc1)NCCCOCC1CC1. The molecule has 1 aliphatic rings. The van der Waals surface area contributed by atoms with Gasteiger partial charge < -0.3 is 14.8 Å². The van der Waals surface area contributed by atoms with Crippen molar-refractivity contribution in [2.75, 3.05) is 19.8 Å². The van der Waals surface area contributed by atoms with Gasteiger partial charge in [-0.1, -0.05) is 12.1 Å². The number of hydrogen-bond donors (Lipinski definition) is 1. The van der Waals surface area contributed by atoms with Crippen LogP contribution >= 0.6 is 0 Å². The van der Waals surface area contributed by atoms with E-state index in [1.54, 1.807) is 12.1 Å². The molecule has 0 saturated heterocycles. The Labute approximate surface area is 128 Å².